The quantitative estimate of drug-likeness (QED) is 0.740. The predicted octanol–water partition coefficient (Wildman–Crippen LogP) is 2.91. The van der Waals surface area contributed by atoms with Crippen LogP contribution in [-0.4, -0.2) is 13.2 Å². The topological polar surface area (TPSA) is 18.5 Å². The highest BCUT2D eigenvalue weighted by Crippen LogP contribution is 2.36. The Morgan fingerprint density at radius 1 is 1.20 bits per heavy atom. The van der Waals surface area contributed by atoms with Gasteiger partial charge in [-0.2, -0.15) is 0 Å². The summed E-state index contributed by atoms with van der Waals surface area (Å²) < 4.78 is 11.5. The molecule has 1 aliphatic rings. The molecule has 0 unspecified atom stereocenters. The molecular formula is C13H18O2. The molecule has 2 nitrogen and oxygen atoms in total. The first kappa shape index (κ1) is 10.7. The molecule has 0 aromatic heterocycles. The van der Waals surface area contributed by atoms with E-state index in [0.717, 1.165) is 6.42 Å². The van der Waals surface area contributed by atoms with Crippen molar-refractivity contribution in [2.24, 2.45) is 0 Å². The Bertz CT molecular complexity index is 352. The molecule has 1 saturated heterocycles. The maximum Gasteiger partial charge on any atom is 0.194 e. The molecule has 1 heterocycles. The Morgan fingerprint density at radius 2 is 1.87 bits per heavy atom. The maximum absolute atomic E-state index is 5.77. The number of aryl methyl sites for hydroxylation is 2. The van der Waals surface area contributed by atoms with Crippen LogP contribution in [0.25, 0.3) is 0 Å². The summed E-state index contributed by atoms with van der Waals surface area (Å²) in [6.45, 7) is 7.71. The van der Waals surface area contributed by atoms with E-state index in [1.165, 1.54) is 16.7 Å². The summed E-state index contributed by atoms with van der Waals surface area (Å²) >= 11 is 0. The largest absolute Gasteiger partial charge is 0.343 e. The van der Waals surface area contributed by atoms with E-state index in [4.69, 9.17) is 9.47 Å². The fourth-order valence-electron chi connectivity index (χ4n) is 2.25. The van der Waals surface area contributed by atoms with Crippen LogP contribution in [0, 0.1) is 13.8 Å². The van der Waals surface area contributed by atoms with E-state index in [9.17, 15) is 0 Å². The first-order valence-electron chi connectivity index (χ1n) is 5.53. The Hall–Kier alpha value is -0.860. The lowest BCUT2D eigenvalue weighted by Gasteiger charge is -2.28. The smallest absolute Gasteiger partial charge is 0.194 e. The van der Waals surface area contributed by atoms with Gasteiger partial charge >= 0.3 is 0 Å². The van der Waals surface area contributed by atoms with Gasteiger partial charge in [-0.05, 0) is 19.4 Å². The summed E-state index contributed by atoms with van der Waals surface area (Å²) in [5.74, 6) is -0.488. The van der Waals surface area contributed by atoms with E-state index in [1.54, 1.807) is 0 Å². The van der Waals surface area contributed by atoms with Crippen molar-refractivity contribution in [3.63, 3.8) is 0 Å². The molecule has 0 aliphatic carbocycles. The van der Waals surface area contributed by atoms with Crippen molar-refractivity contribution in [3.05, 3.63) is 34.9 Å². The number of hydrogen-bond donors (Lipinski definition) is 0. The van der Waals surface area contributed by atoms with Crippen LogP contribution in [-0.2, 0) is 15.3 Å². The highest BCUT2D eigenvalue weighted by atomic mass is 16.7. The van der Waals surface area contributed by atoms with Gasteiger partial charge in [0.25, 0.3) is 0 Å². The maximum atomic E-state index is 5.77. The molecule has 0 saturated carbocycles. The molecule has 2 heteroatoms. The lowest BCUT2D eigenvalue weighted by molar-refractivity contribution is -0.167. The van der Waals surface area contributed by atoms with Gasteiger partial charge in [-0.15, -0.1) is 0 Å². The highest BCUT2D eigenvalue weighted by Gasteiger charge is 2.37. The molecule has 0 spiro atoms. The van der Waals surface area contributed by atoms with E-state index >= 15 is 0 Å². The summed E-state index contributed by atoms with van der Waals surface area (Å²) in [6, 6.07) is 6.42. The molecule has 1 aromatic carbocycles. The van der Waals surface area contributed by atoms with Gasteiger partial charge in [0.1, 0.15) is 0 Å². The van der Waals surface area contributed by atoms with Crippen LogP contribution in [0.5, 0.6) is 0 Å². The zero-order valence-electron chi connectivity index (χ0n) is 9.67. The van der Waals surface area contributed by atoms with Crippen LogP contribution >= 0.6 is 0 Å². The normalized spacial score (nSPS) is 19.4. The van der Waals surface area contributed by atoms with Gasteiger partial charge in [0.15, 0.2) is 5.79 Å². The van der Waals surface area contributed by atoms with E-state index in [0.29, 0.717) is 13.2 Å². The molecule has 2 rings (SSSR count). The summed E-state index contributed by atoms with van der Waals surface area (Å²) in [6.07, 6.45) is 0.858. The standard InChI is InChI=1S/C13H18O2/c1-4-13(14-7-8-15-13)12-6-5-10(2)9-11(12)3/h5-6,9H,4,7-8H2,1-3H3. The van der Waals surface area contributed by atoms with Crippen LogP contribution in [0.1, 0.15) is 30.0 Å². The van der Waals surface area contributed by atoms with Crippen LogP contribution in [0.3, 0.4) is 0 Å². The zero-order valence-corrected chi connectivity index (χ0v) is 9.67. The molecular weight excluding hydrogens is 188 g/mol. The van der Waals surface area contributed by atoms with Crippen LogP contribution < -0.4 is 0 Å². The van der Waals surface area contributed by atoms with Crippen molar-refractivity contribution in [1.29, 1.82) is 0 Å². The number of benzene rings is 1. The van der Waals surface area contributed by atoms with Crippen LogP contribution in [0.15, 0.2) is 18.2 Å². The van der Waals surface area contributed by atoms with Gasteiger partial charge < -0.3 is 9.47 Å². The van der Waals surface area contributed by atoms with Crippen molar-refractivity contribution in [2.45, 2.75) is 33.0 Å². The Balaban J connectivity index is 2.42. The number of rotatable bonds is 2. The van der Waals surface area contributed by atoms with E-state index in [1.807, 2.05) is 0 Å². The molecule has 0 N–H and O–H groups in total. The van der Waals surface area contributed by atoms with Gasteiger partial charge in [0.2, 0.25) is 0 Å². The van der Waals surface area contributed by atoms with Crippen LogP contribution in [0.4, 0.5) is 0 Å². The van der Waals surface area contributed by atoms with Gasteiger partial charge in [0, 0.05) is 12.0 Å². The molecule has 0 radical (unpaired) electrons. The van der Waals surface area contributed by atoms with Gasteiger partial charge in [-0.1, -0.05) is 30.7 Å². The molecule has 1 aliphatic heterocycles. The summed E-state index contributed by atoms with van der Waals surface area (Å²) in [4.78, 5) is 0. The third-order valence-electron chi connectivity index (χ3n) is 3.01. The summed E-state index contributed by atoms with van der Waals surface area (Å²) in [7, 11) is 0. The van der Waals surface area contributed by atoms with Crippen molar-refractivity contribution in [3.8, 4) is 0 Å². The fraction of sp³-hybridized carbons (Fsp3) is 0.538. The average molecular weight is 206 g/mol. The Labute approximate surface area is 91.2 Å². The van der Waals surface area contributed by atoms with Gasteiger partial charge in [0.05, 0.1) is 13.2 Å². The lowest BCUT2D eigenvalue weighted by Crippen LogP contribution is -2.27. The predicted molar refractivity (Wildman–Crippen MR) is 59.8 cm³/mol. The second kappa shape index (κ2) is 3.95. The lowest BCUT2D eigenvalue weighted by atomic mass is 9.96. The average Bonchev–Trinajstić information content (AvgIpc) is 2.67. The third kappa shape index (κ3) is 1.80. The molecule has 1 fully saturated rings. The SMILES string of the molecule is CCC1(c2ccc(C)cc2C)OCCO1. The van der Waals surface area contributed by atoms with Crippen molar-refractivity contribution in [1.82, 2.24) is 0 Å². The van der Waals surface area contributed by atoms with E-state index < -0.39 is 5.79 Å². The first-order chi connectivity index (χ1) is 7.18. The van der Waals surface area contributed by atoms with E-state index in [-0.39, 0.29) is 0 Å². The third-order valence-corrected chi connectivity index (χ3v) is 3.01. The van der Waals surface area contributed by atoms with E-state index in [2.05, 4.69) is 39.0 Å². The van der Waals surface area contributed by atoms with Gasteiger partial charge in [-0.3, -0.25) is 0 Å². The zero-order chi connectivity index (χ0) is 10.9. The molecule has 0 atom stereocenters. The summed E-state index contributed by atoms with van der Waals surface area (Å²) in [5.41, 5.74) is 3.70. The minimum absolute atomic E-state index is 0.488. The molecule has 15 heavy (non-hydrogen) atoms. The minimum Gasteiger partial charge on any atom is -0.343 e. The summed E-state index contributed by atoms with van der Waals surface area (Å²) in [5, 5.41) is 0. The monoisotopic (exact) mass is 206 g/mol. The van der Waals surface area contributed by atoms with Crippen molar-refractivity contribution >= 4 is 0 Å². The Morgan fingerprint density at radius 3 is 2.40 bits per heavy atom. The van der Waals surface area contributed by atoms with Crippen molar-refractivity contribution < 1.29 is 9.47 Å². The van der Waals surface area contributed by atoms with Crippen molar-refractivity contribution in [2.75, 3.05) is 13.2 Å². The number of hydrogen-bond acceptors (Lipinski definition) is 2. The molecule has 0 amide bonds. The molecule has 82 valence electrons. The number of ether oxygens (including phenoxy) is 2. The van der Waals surface area contributed by atoms with Gasteiger partial charge in [-0.25, -0.2) is 0 Å². The second-order valence-corrected chi connectivity index (χ2v) is 4.12. The Kier molecular flexibility index (Phi) is 2.81. The molecule has 1 aromatic rings. The second-order valence-electron chi connectivity index (χ2n) is 4.12. The highest BCUT2D eigenvalue weighted by molar-refractivity contribution is 5.34. The fourth-order valence-corrected chi connectivity index (χ4v) is 2.25. The minimum atomic E-state index is -0.488. The van der Waals surface area contributed by atoms with Crippen LogP contribution in [0.2, 0.25) is 0 Å². The molecule has 0 bridgehead atoms. The first-order valence-corrected chi connectivity index (χ1v) is 5.53.